The topological polar surface area (TPSA) is 88.8 Å². The average molecular weight is 290 g/mol. The predicted octanol–water partition coefficient (Wildman–Crippen LogP) is 2.29. The first kappa shape index (κ1) is 15.2. The molecular weight excluding hydrogens is 268 g/mol. The number of anilines is 2. The van der Waals surface area contributed by atoms with Crippen LogP contribution in [-0.2, 0) is 12.8 Å². The molecule has 0 amide bonds. The second-order valence-electron chi connectivity index (χ2n) is 4.76. The lowest BCUT2D eigenvalue weighted by Gasteiger charge is -2.10. The highest BCUT2D eigenvalue weighted by Gasteiger charge is 2.05. The summed E-state index contributed by atoms with van der Waals surface area (Å²) in [7, 11) is 0. The zero-order valence-corrected chi connectivity index (χ0v) is 12.6. The zero-order valence-electron chi connectivity index (χ0n) is 12.6. The van der Waals surface area contributed by atoms with Crippen LogP contribution in [0.1, 0.15) is 38.3 Å². The van der Waals surface area contributed by atoms with Crippen LogP contribution in [0.3, 0.4) is 0 Å². The first-order valence-electron chi connectivity index (χ1n) is 7.42. The van der Waals surface area contributed by atoms with E-state index in [1.807, 2.05) is 6.07 Å². The Morgan fingerprint density at radius 1 is 0.952 bits per heavy atom. The van der Waals surface area contributed by atoms with Gasteiger partial charge < -0.3 is 15.2 Å². The Morgan fingerprint density at radius 3 is 2.33 bits per heavy atom. The first-order valence-corrected chi connectivity index (χ1v) is 7.42. The van der Waals surface area contributed by atoms with E-state index in [2.05, 4.69) is 44.6 Å². The Kier molecular flexibility index (Phi) is 5.93. The van der Waals surface area contributed by atoms with Gasteiger partial charge in [0.05, 0.1) is 0 Å². The third-order valence-electron chi connectivity index (χ3n) is 2.86. The summed E-state index contributed by atoms with van der Waals surface area (Å²) in [5, 5.41) is 10.4. The fourth-order valence-electron chi connectivity index (χ4n) is 1.87. The van der Waals surface area contributed by atoms with Gasteiger partial charge in [-0.15, -0.1) is 0 Å². The van der Waals surface area contributed by atoms with E-state index in [0.717, 1.165) is 43.3 Å². The van der Waals surface area contributed by atoms with Crippen molar-refractivity contribution in [1.29, 1.82) is 0 Å². The summed E-state index contributed by atoms with van der Waals surface area (Å²) in [6, 6.07) is 1.94. The summed E-state index contributed by atoms with van der Waals surface area (Å²) in [5.41, 5.74) is 0. The molecule has 0 saturated heterocycles. The SMILES string of the molecule is CCCNc1cc(NCCc2ncon2)nc(CCC)n1. The lowest BCUT2D eigenvalue weighted by atomic mass is 10.3. The smallest absolute Gasteiger partial charge is 0.213 e. The van der Waals surface area contributed by atoms with Crippen LogP contribution in [0.2, 0.25) is 0 Å². The van der Waals surface area contributed by atoms with Crippen LogP contribution in [0, 0.1) is 0 Å². The van der Waals surface area contributed by atoms with E-state index < -0.39 is 0 Å². The van der Waals surface area contributed by atoms with Gasteiger partial charge in [-0.25, -0.2) is 9.97 Å². The predicted molar refractivity (Wildman–Crippen MR) is 81.3 cm³/mol. The number of hydrogen-bond donors (Lipinski definition) is 2. The zero-order chi connectivity index (χ0) is 14.9. The van der Waals surface area contributed by atoms with Gasteiger partial charge in [0.25, 0.3) is 0 Å². The number of aryl methyl sites for hydroxylation is 1. The highest BCUT2D eigenvalue weighted by atomic mass is 16.5. The minimum Gasteiger partial charge on any atom is -0.370 e. The molecule has 0 spiro atoms. The summed E-state index contributed by atoms with van der Waals surface area (Å²) >= 11 is 0. The molecule has 0 fully saturated rings. The van der Waals surface area contributed by atoms with Crippen LogP contribution in [0.15, 0.2) is 17.0 Å². The van der Waals surface area contributed by atoms with Gasteiger partial charge in [0.15, 0.2) is 5.82 Å². The molecule has 0 bridgehead atoms. The van der Waals surface area contributed by atoms with Crippen molar-refractivity contribution >= 4 is 11.6 Å². The van der Waals surface area contributed by atoms with Crippen molar-refractivity contribution in [2.45, 2.75) is 39.5 Å². The van der Waals surface area contributed by atoms with Crippen molar-refractivity contribution in [3.63, 3.8) is 0 Å². The van der Waals surface area contributed by atoms with E-state index in [0.29, 0.717) is 18.8 Å². The number of hydrogen-bond acceptors (Lipinski definition) is 7. The van der Waals surface area contributed by atoms with E-state index >= 15 is 0 Å². The lowest BCUT2D eigenvalue weighted by Crippen LogP contribution is -2.11. The van der Waals surface area contributed by atoms with E-state index in [-0.39, 0.29) is 0 Å². The number of nitrogens with zero attached hydrogens (tertiary/aromatic N) is 4. The molecule has 2 heterocycles. The van der Waals surface area contributed by atoms with Crippen LogP contribution >= 0.6 is 0 Å². The Bertz CT molecular complexity index is 528. The summed E-state index contributed by atoms with van der Waals surface area (Å²) in [4.78, 5) is 13.0. The summed E-state index contributed by atoms with van der Waals surface area (Å²) in [5.74, 6) is 3.25. The summed E-state index contributed by atoms with van der Waals surface area (Å²) < 4.78 is 4.71. The van der Waals surface area contributed by atoms with Crippen molar-refractivity contribution in [3.8, 4) is 0 Å². The Balaban J connectivity index is 1.97. The largest absolute Gasteiger partial charge is 0.370 e. The molecule has 114 valence electrons. The molecule has 0 unspecified atom stereocenters. The quantitative estimate of drug-likeness (QED) is 0.732. The van der Waals surface area contributed by atoms with Crippen LogP contribution in [0.5, 0.6) is 0 Å². The highest BCUT2D eigenvalue weighted by molar-refractivity contribution is 5.47. The maximum atomic E-state index is 4.71. The molecule has 2 aromatic rings. The van der Waals surface area contributed by atoms with Gasteiger partial charge in [-0.1, -0.05) is 19.0 Å². The molecule has 2 N–H and O–H groups in total. The van der Waals surface area contributed by atoms with Crippen molar-refractivity contribution in [3.05, 3.63) is 24.1 Å². The Morgan fingerprint density at radius 2 is 1.71 bits per heavy atom. The van der Waals surface area contributed by atoms with E-state index in [1.54, 1.807) is 0 Å². The molecule has 0 saturated carbocycles. The molecule has 0 aliphatic heterocycles. The molecule has 21 heavy (non-hydrogen) atoms. The lowest BCUT2D eigenvalue weighted by molar-refractivity contribution is 0.410. The molecule has 0 radical (unpaired) electrons. The number of aromatic nitrogens is 4. The fraction of sp³-hybridized carbons (Fsp3) is 0.571. The van der Waals surface area contributed by atoms with E-state index in [4.69, 9.17) is 4.52 Å². The molecule has 0 aliphatic rings. The Hall–Kier alpha value is -2.18. The third kappa shape index (κ3) is 5.02. The van der Waals surface area contributed by atoms with E-state index in [1.165, 1.54) is 6.39 Å². The maximum Gasteiger partial charge on any atom is 0.213 e. The molecule has 2 aromatic heterocycles. The summed E-state index contributed by atoms with van der Waals surface area (Å²) in [6.45, 7) is 5.87. The first-order chi connectivity index (χ1) is 10.3. The fourth-order valence-corrected chi connectivity index (χ4v) is 1.87. The van der Waals surface area contributed by atoms with Crippen LogP contribution in [0.25, 0.3) is 0 Å². The molecule has 0 aliphatic carbocycles. The van der Waals surface area contributed by atoms with Gasteiger partial charge in [-0.2, -0.15) is 4.98 Å². The van der Waals surface area contributed by atoms with E-state index in [9.17, 15) is 0 Å². The van der Waals surface area contributed by atoms with Gasteiger partial charge in [-0.05, 0) is 12.8 Å². The van der Waals surface area contributed by atoms with Gasteiger partial charge in [0.2, 0.25) is 6.39 Å². The van der Waals surface area contributed by atoms with Crippen molar-refractivity contribution in [1.82, 2.24) is 20.1 Å². The summed E-state index contributed by atoms with van der Waals surface area (Å²) in [6.07, 6.45) is 5.00. The molecular formula is C14H22N6O. The normalized spacial score (nSPS) is 10.6. The molecule has 0 atom stereocenters. The van der Waals surface area contributed by atoms with Crippen LogP contribution in [-0.4, -0.2) is 33.2 Å². The van der Waals surface area contributed by atoms with Gasteiger partial charge in [0.1, 0.15) is 17.5 Å². The van der Waals surface area contributed by atoms with Gasteiger partial charge in [-0.3, -0.25) is 0 Å². The minimum atomic E-state index is 0.690. The van der Waals surface area contributed by atoms with Crippen LogP contribution < -0.4 is 10.6 Å². The highest BCUT2D eigenvalue weighted by Crippen LogP contribution is 2.12. The second-order valence-corrected chi connectivity index (χ2v) is 4.76. The van der Waals surface area contributed by atoms with Crippen molar-refractivity contribution < 1.29 is 4.52 Å². The second kappa shape index (κ2) is 8.18. The molecule has 7 heteroatoms. The maximum absolute atomic E-state index is 4.71. The third-order valence-corrected chi connectivity index (χ3v) is 2.86. The van der Waals surface area contributed by atoms with Gasteiger partial charge in [0, 0.05) is 32.0 Å². The molecule has 2 rings (SSSR count). The monoisotopic (exact) mass is 290 g/mol. The Labute approximate surface area is 124 Å². The van der Waals surface area contributed by atoms with Crippen molar-refractivity contribution in [2.24, 2.45) is 0 Å². The number of rotatable bonds is 9. The van der Waals surface area contributed by atoms with Crippen LogP contribution in [0.4, 0.5) is 11.6 Å². The molecule has 7 nitrogen and oxygen atoms in total. The minimum absolute atomic E-state index is 0.690. The molecule has 0 aromatic carbocycles. The standard InChI is InChI=1S/C14H22N6O/c1-3-5-12-18-13(15-7-4-2)9-14(19-12)16-8-6-11-17-10-21-20-11/h9-10H,3-8H2,1-2H3,(H2,15,16,18,19). The number of nitrogens with one attached hydrogen (secondary N) is 2. The average Bonchev–Trinajstić information content (AvgIpc) is 2.99. The van der Waals surface area contributed by atoms with Crippen molar-refractivity contribution in [2.75, 3.05) is 23.7 Å². The van der Waals surface area contributed by atoms with Gasteiger partial charge >= 0.3 is 0 Å².